The summed E-state index contributed by atoms with van der Waals surface area (Å²) in [5, 5.41) is 10.6. The van der Waals surface area contributed by atoms with Crippen LogP contribution < -0.4 is 0 Å². The Hall–Kier alpha value is -4.54. The zero-order chi connectivity index (χ0) is 74.6. The van der Waals surface area contributed by atoms with Crippen LogP contribution in [0.2, 0.25) is 0 Å². The largest absolute Gasteiger partial charge is 0.472 e. The van der Waals surface area contributed by atoms with Crippen molar-refractivity contribution in [3.05, 3.63) is 122 Å². The normalized spacial score (nSPS) is 14.5. The lowest BCUT2D eigenvalue weighted by atomic mass is 10.0. The van der Waals surface area contributed by atoms with E-state index in [1.165, 1.54) is 77.0 Å². The smallest absolute Gasteiger partial charge is 0.462 e. The summed E-state index contributed by atoms with van der Waals surface area (Å²) in [5.41, 5.74) is 0. The van der Waals surface area contributed by atoms with Gasteiger partial charge < -0.3 is 33.8 Å². The number of carbonyl (C=O) groups is 4. The molecule has 102 heavy (non-hydrogen) atoms. The molecule has 17 nitrogen and oxygen atoms in total. The van der Waals surface area contributed by atoms with Crippen molar-refractivity contribution in [3.8, 4) is 0 Å². The number of rotatable bonds is 74. The Bertz CT molecular complexity index is 2410. The fourth-order valence-electron chi connectivity index (χ4n) is 10.4. The number of esters is 4. The number of allylic oxidation sites excluding steroid dienone is 20. The second-order valence-electron chi connectivity index (χ2n) is 26.2. The van der Waals surface area contributed by atoms with E-state index in [2.05, 4.69) is 137 Å². The summed E-state index contributed by atoms with van der Waals surface area (Å²) in [6, 6.07) is 0. The summed E-state index contributed by atoms with van der Waals surface area (Å²) < 4.78 is 68.5. The lowest BCUT2D eigenvalue weighted by molar-refractivity contribution is -0.161. The van der Waals surface area contributed by atoms with Crippen LogP contribution in [0.4, 0.5) is 0 Å². The maximum atomic E-state index is 13.1. The molecule has 19 heteroatoms. The topological polar surface area (TPSA) is 237 Å². The first-order chi connectivity index (χ1) is 49.7. The number of ether oxygens (including phenoxy) is 4. The molecule has 0 heterocycles. The van der Waals surface area contributed by atoms with Crippen LogP contribution in [0.15, 0.2) is 122 Å². The van der Waals surface area contributed by atoms with Crippen molar-refractivity contribution in [2.24, 2.45) is 0 Å². The molecule has 0 aromatic rings. The van der Waals surface area contributed by atoms with Crippen molar-refractivity contribution >= 4 is 39.5 Å². The van der Waals surface area contributed by atoms with Gasteiger partial charge in [0.2, 0.25) is 0 Å². The highest BCUT2D eigenvalue weighted by Gasteiger charge is 2.30. The van der Waals surface area contributed by atoms with E-state index in [1.54, 1.807) is 0 Å². The third kappa shape index (κ3) is 73.8. The molecule has 0 spiro atoms. The van der Waals surface area contributed by atoms with Crippen molar-refractivity contribution in [1.29, 1.82) is 0 Å². The Labute approximate surface area is 619 Å². The third-order valence-electron chi connectivity index (χ3n) is 16.4. The van der Waals surface area contributed by atoms with Crippen molar-refractivity contribution in [3.63, 3.8) is 0 Å². The van der Waals surface area contributed by atoms with Crippen molar-refractivity contribution in [2.45, 2.75) is 341 Å². The zero-order valence-electron chi connectivity index (χ0n) is 64.0. The van der Waals surface area contributed by atoms with Gasteiger partial charge in [-0.25, -0.2) is 9.13 Å². The Kier molecular flexibility index (Phi) is 71.4. The number of hydrogen-bond donors (Lipinski definition) is 3. The van der Waals surface area contributed by atoms with Gasteiger partial charge in [-0.05, 0) is 122 Å². The SMILES string of the molecule is CC/C=C\C/C=C\C/C=C\C/C=C\C/C=C\CCCC(=O)OCC(COP(=O)(O)OCC(O)COP(=O)(O)OCC(COC(=O)CCCCCCCC/C=C\C/C=C\C/C=C\C/C=C\CC)OC(=O)CCCCCCCCCCCCCCCCC)OC(=O)CCCCCCC/C=C\CCCC. The van der Waals surface area contributed by atoms with Crippen LogP contribution >= 0.6 is 15.6 Å². The summed E-state index contributed by atoms with van der Waals surface area (Å²) in [6.07, 6.45) is 81.9. The molecule has 0 aliphatic carbocycles. The van der Waals surface area contributed by atoms with Crippen LogP contribution in [0.3, 0.4) is 0 Å². The minimum atomic E-state index is -4.99. The molecule has 0 amide bonds. The van der Waals surface area contributed by atoms with Gasteiger partial charge >= 0.3 is 39.5 Å². The van der Waals surface area contributed by atoms with E-state index in [1.807, 2.05) is 12.2 Å². The average molecular weight is 1470 g/mol. The highest BCUT2D eigenvalue weighted by Crippen LogP contribution is 2.45. The number of aliphatic hydroxyl groups is 1. The summed E-state index contributed by atoms with van der Waals surface area (Å²) in [5.74, 6) is -2.26. The van der Waals surface area contributed by atoms with Crippen molar-refractivity contribution in [1.82, 2.24) is 0 Å². The Morgan fingerprint density at radius 3 is 0.863 bits per heavy atom. The van der Waals surface area contributed by atoms with Crippen LogP contribution in [-0.2, 0) is 65.4 Å². The van der Waals surface area contributed by atoms with Gasteiger partial charge in [-0.15, -0.1) is 0 Å². The number of aliphatic hydroxyl groups excluding tert-OH is 1. The minimum absolute atomic E-state index is 0.0707. The predicted molar refractivity (Wildman–Crippen MR) is 418 cm³/mol. The molecule has 0 aliphatic heterocycles. The van der Waals surface area contributed by atoms with E-state index < -0.39 is 97.5 Å². The molecular weight excluding hydrogens is 1330 g/mol. The monoisotopic (exact) mass is 1470 g/mol. The van der Waals surface area contributed by atoms with E-state index in [0.717, 1.165) is 161 Å². The number of phosphoric ester groups is 2. The molecule has 0 fully saturated rings. The van der Waals surface area contributed by atoms with E-state index >= 15 is 0 Å². The maximum Gasteiger partial charge on any atom is 0.472 e. The highest BCUT2D eigenvalue weighted by molar-refractivity contribution is 7.47. The Balaban J connectivity index is 5.37. The summed E-state index contributed by atoms with van der Waals surface area (Å²) in [7, 11) is -9.97. The van der Waals surface area contributed by atoms with Gasteiger partial charge in [-0.3, -0.25) is 37.3 Å². The highest BCUT2D eigenvalue weighted by atomic mass is 31.2. The minimum Gasteiger partial charge on any atom is -0.462 e. The van der Waals surface area contributed by atoms with E-state index in [4.69, 9.17) is 37.0 Å². The molecule has 0 aromatic carbocycles. The molecule has 0 saturated carbocycles. The number of hydrogen-bond acceptors (Lipinski definition) is 15. The van der Waals surface area contributed by atoms with Crippen LogP contribution in [0.5, 0.6) is 0 Å². The fourth-order valence-corrected chi connectivity index (χ4v) is 12.0. The molecule has 3 N–H and O–H groups in total. The van der Waals surface area contributed by atoms with Gasteiger partial charge in [0, 0.05) is 25.7 Å². The standard InChI is InChI=1S/C83H142O17P2/c1-5-9-13-17-21-25-29-32-35-37-38-40-43-45-49-52-56-60-64-68-81(86)94-74-79(100-83(88)70-66-62-58-54-50-46-41-34-31-27-23-19-15-11-7-3)76-98-102(91,92)96-72-77(84)71-95-101(89,90)97-75-78(99-82(87)69-65-61-57-53-47-28-24-20-16-12-8-4)73-93-80(85)67-63-59-55-51-48-44-42-39-36-33-30-26-22-18-14-10-6-2/h9-10,13-14,20-22,24-26,32-33,35-36,38,40,42,44,51,55,77-79,84H,5-8,11-12,15-19,23,27-31,34,37,39,41,43,45-50,52-54,56-76H2,1-4H3,(H,89,90)(H,91,92)/b13-9-,14-10-,24-20-,25-21-,26-22-,35-32-,36-33-,40-38-,44-42-,55-51-. The third-order valence-corrected chi connectivity index (χ3v) is 18.3. The summed E-state index contributed by atoms with van der Waals surface area (Å²) >= 11 is 0. The van der Waals surface area contributed by atoms with Crippen molar-refractivity contribution < 1.29 is 80.2 Å². The van der Waals surface area contributed by atoms with Gasteiger partial charge in [0.25, 0.3) is 0 Å². The molecule has 0 radical (unpaired) electrons. The number of unbranched alkanes of at least 4 members (excludes halogenated alkanes) is 28. The number of carbonyl (C=O) groups excluding carboxylic acids is 4. The number of phosphoric acid groups is 2. The van der Waals surface area contributed by atoms with Gasteiger partial charge in [-0.1, -0.05) is 297 Å². The Morgan fingerprint density at radius 2 is 0.529 bits per heavy atom. The van der Waals surface area contributed by atoms with Crippen LogP contribution in [-0.4, -0.2) is 96.7 Å². The maximum absolute atomic E-state index is 13.1. The van der Waals surface area contributed by atoms with Gasteiger partial charge in [0.1, 0.15) is 19.3 Å². The molecule has 0 rings (SSSR count). The predicted octanol–water partition coefficient (Wildman–Crippen LogP) is 23.1. The van der Waals surface area contributed by atoms with Crippen molar-refractivity contribution in [2.75, 3.05) is 39.6 Å². The average Bonchev–Trinajstić information content (AvgIpc) is 0.926. The van der Waals surface area contributed by atoms with Gasteiger partial charge in [0.15, 0.2) is 12.2 Å². The lowest BCUT2D eigenvalue weighted by Crippen LogP contribution is -2.30. The van der Waals surface area contributed by atoms with Crippen LogP contribution in [0.25, 0.3) is 0 Å². The van der Waals surface area contributed by atoms with E-state index in [-0.39, 0.29) is 25.7 Å². The zero-order valence-corrected chi connectivity index (χ0v) is 65.8. The molecule has 0 aromatic heterocycles. The summed E-state index contributed by atoms with van der Waals surface area (Å²) in [4.78, 5) is 72.9. The fraction of sp³-hybridized carbons (Fsp3) is 0.711. The second-order valence-corrected chi connectivity index (χ2v) is 29.2. The Morgan fingerprint density at radius 1 is 0.284 bits per heavy atom. The lowest BCUT2D eigenvalue weighted by Gasteiger charge is -2.21. The first-order valence-corrected chi connectivity index (χ1v) is 42.8. The molecule has 5 unspecified atom stereocenters. The summed E-state index contributed by atoms with van der Waals surface area (Å²) in [6.45, 7) is 4.54. The second kappa shape index (κ2) is 74.7. The molecule has 586 valence electrons. The molecular formula is C83H142O17P2. The van der Waals surface area contributed by atoms with Crippen LogP contribution in [0.1, 0.15) is 323 Å². The van der Waals surface area contributed by atoms with E-state index in [0.29, 0.717) is 32.1 Å². The first-order valence-electron chi connectivity index (χ1n) is 39.8. The molecule has 0 saturated heterocycles. The van der Waals surface area contributed by atoms with Crippen LogP contribution in [0, 0.1) is 0 Å². The van der Waals surface area contributed by atoms with E-state index in [9.17, 15) is 43.2 Å². The van der Waals surface area contributed by atoms with Gasteiger partial charge in [-0.2, -0.15) is 0 Å². The quantitative estimate of drug-likeness (QED) is 0.0169. The molecule has 5 atom stereocenters. The first kappa shape index (κ1) is 97.5. The van der Waals surface area contributed by atoms with Gasteiger partial charge in [0.05, 0.1) is 26.4 Å². The molecule has 0 aliphatic rings. The molecule has 0 bridgehead atoms.